The van der Waals surface area contributed by atoms with Gasteiger partial charge in [-0.3, -0.25) is 4.79 Å². The van der Waals surface area contributed by atoms with E-state index in [-0.39, 0.29) is 5.91 Å². The fourth-order valence-electron chi connectivity index (χ4n) is 2.36. The van der Waals surface area contributed by atoms with Crippen LogP contribution in [0.1, 0.15) is 51.7 Å². The molecule has 0 aliphatic rings. The third-order valence-corrected chi connectivity index (χ3v) is 3.79. The predicted octanol–water partition coefficient (Wildman–Crippen LogP) is 4.24. The first-order chi connectivity index (χ1) is 10.4. The number of anilines is 1. The molecule has 1 aromatic carbocycles. The number of benzene rings is 1. The normalized spacial score (nSPS) is 13.5. The minimum Gasteiger partial charge on any atom is -0.493 e. The lowest BCUT2D eigenvalue weighted by molar-refractivity contribution is -0.139. The van der Waals surface area contributed by atoms with Crippen molar-refractivity contribution in [2.24, 2.45) is 0 Å². The Morgan fingerprint density at radius 3 is 2.23 bits per heavy atom. The third-order valence-electron chi connectivity index (χ3n) is 3.79. The monoisotopic (exact) mass is 307 g/mol. The highest BCUT2D eigenvalue weighted by Crippen LogP contribution is 2.28. The van der Waals surface area contributed by atoms with Crippen LogP contribution < -0.4 is 10.1 Å². The van der Waals surface area contributed by atoms with Crippen LogP contribution in [-0.4, -0.2) is 24.7 Å². The van der Waals surface area contributed by atoms with Crippen LogP contribution in [0.2, 0.25) is 0 Å². The zero-order chi connectivity index (χ0) is 16.8. The lowest BCUT2D eigenvalue weighted by Gasteiger charge is -2.27. The van der Waals surface area contributed by atoms with Gasteiger partial charge in [-0.15, -0.1) is 0 Å². The molecule has 1 aromatic rings. The minimum absolute atomic E-state index is 0.113. The molecule has 0 aliphatic heterocycles. The zero-order valence-corrected chi connectivity index (χ0v) is 14.7. The third kappa shape index (κ3) is 4.47. The number of rotatable bonds is 8. The SMILES string of the molecule is CCCOc1c(C)cc(NC(=O)[C@](C)(CC)OCC)cc1C. The van der Waals surface area contributed by atoms with Gasteiger partial charge < -0.3 is 14.8 Å². The summed E-state index contributed by atoms with van der Waals surface area (Å²) in [4.78, 5) is 12.5. The molecule has 0 aromatic heterocycles. The topological polar surface area (TPSA) is 47.6 Å². The van der Waals surface area contributed by atoms with Crippen LogP contribution >= 0.6 is 0 Å². The van der Waals surface area contributed by atoms with Gasteiger partial charge >= 0.3 is 0 Å². The molecular weight excluding hydrogens is 278 g/mol. The van der Waals surface area contributed by atoms with Crippen LogP contribution in [0.15, 0.2) is 12.1 Å². The molecule has 1 amide bonds. The van der Waals surface area contributed by atoms with E-state index < -0.39 is 5.60 Å². The molecule has 1 rings (SSSR count). The number of aryl methyl sites for hydroxylation is 2. The van der Waals surface area contributed by atoms with Gasteiger partial charge in [0.2, 0.25) is 0 Å². The molecule has 0 heterocycles. The van der Waals surface area contributed by atoms with Crippen molar-refractivity contribution in [1.82, 2.24) is 0 Å². The summed E-state index contributed by atoms with van der Waals surface area (Å²) in [5, 5.41) is 2.96. The average molecular weight is 307 g/mol. The van der Waals surface area contributed by atoms with E-state index in [0.29, 0.717) is 19.6 Å². The number of amides is 1. The number of hydrogen-bond acceptors (Lipinski definition) is 3. The standard InChI is InChI=1S/C18H29NO3/c1-7-10-21-16-13(4)11-15(12-14(16)5)19-17(20)18(6,8-2)22-9-3/h11-12H,7-10H2,1-6H3,(H,19,20)/t18-/m0/s1. The summed E-state index contributed by atoms with van der Waals surface area (Å²) in [6, 6.07) is 3.88. The molecule has 0 saturated heterocycles. The van der Waals surface area contributed by atoms with E-state index in [4.69, 9.17) is 9.47 Å². The fraction of sp³-hybridized carbons (Fsp3) is 0.611. The maximum Gasteiger partial charge on any atom is 0.256 e. The Morgan fingerprint density at radius 2 is 1.77 bits per heavy atom. The average Bonchev–Trinajstić information content (AvgIpc) is 2.46. The number of carbonyl (C=O) groups excluding carboxylic acids is 1. The fourth-order valence-corrected chi connectivity index (χ4v) is 2.36. The highest BCUT2D eigenvalue weighted by molar-refractivity contribution is 5.97. The number of nitrogens with one attached hydrogen (secondary N) is 1. The second kappa shape index (κ2) is 8.18. The van der Waals surface area contributed by atoms with Crippen molar-refractivity contribution in [1.29, 1.82) is 0 Å². The van der Waals surface area contributed by atoms with Crippen molar-refractivity contribution in [3.05, 3.63) is 23.3 Å². The minimum atomic E-state index is -0.798. The van der Waals surface area contributed by atoms with E-state index >= 15 is 0 Å². The molecule has 0 saturated carbocycles. The summed E-state index contributed by atoms with van der Waals surface area (Å²) in [5.41, 5.74) is 2.04. The van der Waals surface area contributed by atoms with Crippen LogP contribution in [-0.2, 0) is 9.53 Å². The van der Waals surface area contributed by atoms with Crippen molar-refractivity contribution in [3.63, 3.8) is 0 Å². The first kappa shape index (κ1) is 18.5. The lowest BCUT2D eigenvalue weighted by atomic mass is 10.0. The van der Waals surface area contributed by atoms with Gasteiger partial charge in [0.05, 0.1) is 6.61 Å². The zero-order valence-electron chi connectivity index (χ0n) is 14.7. The first-order valence-corrected chi connectivity index (χ1v) is 8.07. The van der Waals surface area contributed by atoms with Crippen LogP contribution in [0.25, 0.3) is 0 Å². The maximum atomic E-state index is 12.5. The molecule has 0 fully saturated rings. The molecule has 124 valence electrons. The molecule has 1 atom stereocenters. The number of ether oxygens (including phenoxy) is 2. The molecule has 0 aliphatic carbocycles. The van der Waals surface area contributed by atoms with Crippen molar-refractivity contribution >= 4 is 11.6 Å². The van der Waals surface area contributed by atoms with Crippen LogP contribution in [0, 0.1) is 13.8 Å². The number of hydrogen-bond donors (Lipinski definition) is 1. The summed E-state index contributed by atoms with van der Waals surface area (Å²) in [6.45, 7) is 13.0. The van der Waals surface area contributed by atoms with Gasteiger partial charge in [0.25, 0.3) is 5.91 Å². The van der Waals surface area contributed by atoms with Gasteiger partial charge in [0.15, 0.2) is 0 Å². The lowest BCUT2D eigenvalue weighted by Crippen LogP contribution is -2.42. The Bertz CT molecular complexity index is 490. The summed E-state index contributed by atoms with van der Waals surface area (Å²) in [5.74, 6) is 0.792. The van der Waals surface area contributed by atoms with Crippen LogP contribution in [0.4, 0.5) is 5.69 Å². The van der Waals surface area contributed by atoms with Crippen LogP contribution in [0.3, 0.4) is 0 Å². The molecule has 0 bridgehead atoms. The van der Waals surface area contributed by atoms with E-state index in [9.17, 15) is 4.79 Å². The van der Waals surface area contributed by atoms with E-state index in [0.717, 1.165) is 29.0 Å². The molecule has 0 unspecified atom stereocenters. The van der Waals surface area contributed by atoms with Gasteiger partial charge in [0, 0.05) is 12.3 Å². The first-order valence-electron chi connectivity index (χ1n) is 8.07. The largest absolute Gasteiger partial charge is 0.493 e. The molecular formula is C18H29NO3. The maximum absolute atomic E-state index is 12.5. The highest BCUT2D eigenvalue weighted by Gasteiger charge is 2.32. The van der Waals surface area contributed by atoms with Crippen molar-refractivity contribution < 1.29 is 14.3 Å². The summed E-state index contributed by atoms with van der Waals surface area (Å²) < 4.78 is 11.4. The Hall–Kier alpha value is -1.55. The number of carbonyl (C=O) groups is 1. The highest BCUT2D eigenvalue weighted by atomic mass is 16.5. The second-order valence-electron chi connectivity index (χ2n) is 5.76. The van der Waals surface area contributed by atoms with Gasteiger partial charge in [-0.1, -0.05) is 13.8 Å². The predicted molar refractivity (Wildman–Crippen MR) is 90.7 cm³/mol. The van der Waals surface area contributed by atoms with Gasteiger partial charge in [-0.25, -0.2) is 0 Å². The van der Waals surface area contributed by atoms with Crippen molar-refractivity contribution in [2.75, 3.05) is 18.5 Å². The van der Waals surface area contributed by atoms with E-state index in [2.05, 4.69) is 12.2 Å². The second-order valence-corrected chi connectivity index (χ2v) is 5.76. The van der Waals surface area contributed by atoms with Crippen LogP contribution in [0.5, 0.6) is 5.75 Å². The van der Waals surface area contributed by atoms with E-state index in [1.807, 2.05) is 46.8 Å². The van der Waals surface area contributed by atoms with Gasteiger partial charge in [-0.2, -0.15) is 0 Å². The Balaban J connectivity index is 2.92. The van der Waals surface area contributed by atoms with Gasteiger partial charge in [0.1, 0.15) is 11.4 Å². The smallest absolute Gasteiger partial charge is 0.256 e. The quantitative estimate of drug-likeness (QED) is 0.781. The van der Waals surface area contributed by atoms with Crippen molar-refractivity contribution in [3.8, 4) is 5.75 Å². The Morgan fingerprint density at radius 1 is 1.18 bits per heavy atom. The summed E-state index contributed by atoms with van der Waals surface area (Å²) in [7, 11) is 0. The molecule has 4 heteroatoms. The van der Waals surface area contributed by atoms with E-state index in [1.165, 1.54) is 0 Å². The Labute approximate surface area is 134 Å². The van der Waals surface area contributed by atoms with E-state index in [1.54, 1.807) is 0 Å². The van der Waals surface area contributed by atoms with Gasteiger partial charge in [-0.05, 0) is 63.8 Å². The Kier molecular flexibility index (Phi) is 6.88. The molecule has 1 N–H and O–H groups in total. The molecule has 0 spiro atoms. The molecule has 4 nitrogen and oxygen atoms in total. The van der Waals surface area contributed by atoms with Crippen molar-refractivity contribution in [2.45, 2.75) is 60.0 Å². The summed E-state index contributed by atoms with van der Waals surface area (Å²) >= 11 is 0. The molecule has 22 heavy (non-hydrogen) atoms. The summed E-state index contributed by atoms with van der Waals surface area (Å²) in [6.07, 6.45) is 1.60. The molecule has 0 radical (unpaired) electrons.